The van der Waals surface area contributed by atoms with Gasteiger partial charge in [0.15, 0.2) is 5.75 Å². The second-order valence-electron chi connectivity index (χ2n) is 6.46. The van der Waals surface area contributed by atoms with Gasteiger partial charge >= 0.3 is 0 Å². The van der Waals surface area contributed by atoms with Crippen LogP contribution in [0.5, 0.6) is 11.5 Å². The lowest BCUT2D eigenvalue weighted by atomic mass is 9.92. The van der Waals surface area contributed by atoms with Gasteiger partial charge in [0.2, 0.25) is 0 Å². The lowest BCUT2D eigenvalue weighted by molar-refractivity contribution is 0.417. The molecule has 30 heavy (non-hydrogen) atoms. The number of pyridine rings is 1. The molecule has 0 unspecified atom stereocenters. The van der Waals surface area contributed by atoms with Gasteiger partial charge < -0.3 is 14.5 Å². The highest BCUT2D eigenvalue weighted by Crippen LogP contribution is 2.14. The molecule has 3 rings (SSSR count). The fourth-order valence-corrected chi connectivity index (χ4v) is 2.93. The van der Waals surface area contributed by atoms with Crippen molar-refractivity contribution in [1.82, 2.24) is 19.9 Å². The molecule has 0 amide bonds. The molecule has 7 nitrogen and oxygen atoms in total. The highest BCUT2D eigenvalue weighted by molar-refractivity contribution is 6.33. The Balaban J connectivity index is 1.93. The van der Waals surface area contributed by atoms with E-state index in [0.29, 0.717) is 40.5 Å². The minimum absolute atomic E-state index is 0.418. The van der Waals surface area contributed by atoms with Crippen molar-refractivity contribution in [3.8, 4) is 17.6 Å². The zero-order valence-corrected chi connectivity index (χ0v) is 16.8. The van der Waals surface area contributed by atoms with Crippen LogP contribution < -0.4 is 25.5 Å². The van der Waals surface area contributed by atoms with Gasteiger partial charge in [-0.25, -0.2) is 9.97 Å². The van der Waals surface area contributed by atoms with E-state index in [1.807, 2.05) is 26.0 Å². The first kappa shape index (κ1) is 20.9. The Morgan fingerprint density at radius 1 is 1.20 bits per heavy atom. The topological polar surface area (TPSA) is 96.7 Å². The average Bonchev–Trinajstić information content (AvgIpc) is 3.08. The number of nitriles is 1. The quantitative estimate of drug-likeness (QED) is 0.478. The van der Waals surface area contributed by atoms with Crippen LogP contribution in [0.4, 0.5) is 0 Å². The molecular weight excluding hydrogens is 377 g/mol. The molecular formula is C22H20BN5O2. The van der Waals surface area contributed by atoms with Gasteiger partial charge in [-0.05, 0) is 13.3 Å². The normalized spacial score (nSPS) is 12.2. The lowest BCUT2D eigenvalue weighted by Gasteiger charge is -2.06. The zero-order chi connectivity index (χ0) is 21.5. The van der Waals surface area contributed by atoms with Gasteiger partial charge in [0.05, 0.1) is 24.2 Å². The highest BCUT2D eigenvalue weighted by Gasteiger charge is 2.08. The minimum atomic E-state index is 0.418. The Bertz CT molecular complexity index is 1210. The van der Waals surface area contributed by atoms with Crippen molar-refractivity contribution in [1.29, 1.82) is 5.26 Å². The number of ether oxygens (including phenoxy) is 2. The number of aryl methyl sites for hydroxylation is 1. The Morgan fingerprint density at radius 3 is 2.63 bits per heavy atom. The number of hydrogen-bond donors (Lipinski definition) is 1. The van der Waals surface area contributed by atoms with Gasteiger partial charge in [-0.2, -0.15) is 5.26 Å². The predicted octanol–water partition coefficient (Wildman–Crippen LogP) is 1.40. The summed E-state index contributed by atoms with van der Waals surface area (Å²) in [5.41, 5.74) is 1.95. The summed E-state index contributed by atoms with van der Waals surface area (Å²) in [6.45, 7) is 7.78. The number of rotatable bonds is 7. The monoisotopic (exact) mass is 397 g/mol. The van der Waals surface area contributed by atoms with E-state index in [-0.39, 0.29) is 0 Å². The fraction of sp³-hybridized carbons (Fsp3) is 0.182. The van der Waals surface area contributed by atoms with E-state index in [1.165, 1.54) is 12.5 Å². The Labute approximate surface area is 175 Å². The molecule has 0 fully saturated rings. The van der Waals surface area contributed by atoms with Gasteiger partial charge in [-0.1, -0.05) is 25.0 Å². The summed E-state index contributed by atoms with van der Waals surface area (Å²) in [5.74, 6) is 2.11. The molecule has 0 aliphatic heterocycles. The molecule has 8 heteroatoms. The van der Waals surface area contributed by atoms with Crippen molar-refractivity contribution in [2.45, 2.75) is 26.7 Å². The van der Waals surface area contributed by atoms with Crippen LogP contribution >= 0.6 is 0 Å². The largest absolute Gasteiger partial charge is 0.460 e. The van der Waals surface area contributed by atoms with Crippen LogP contribution in [0.1, 0.15) is 31.5 Å². The number of allylic oxidation sites excluding steroid dienone is 1. The maximum absolute atomic E-state index is 9.05. The van der Waals surface area contributed by atoms with Crippen molar-refractivity contribution < 1.29 is 9.47 Å². The Hall–Kier alpha value is -3.86. The van der Waals surface area contributed by atoms with E-state index >= 15 is 0 Å². The molecule has 0 aliphatic rings. The van der Waals surface area contributed by atoms with Crippen LogP contribution in [0, 0.1) is 11.3 Å². The number of aromatic amines is 1. The van der Waals surface area contributed by atoms with Crippen molar-refractivity contribution >= 4 is 25.1 Å². The van der Waals surface area contributed by atoms with Gasteiger partial charge in [-0.3, -0.25) is 4.98 Å². The highest BCUT2D eigenvalue weighted by atomic mass is 16.5. The van der Waals surface area contributed by atoms with Gasteiger partial charge in [0, 0.05) is 34.9 Å². The first-order chi connectivity index (χ1) is 14.5. The number of aromatic nitrogens is 4. The molecule has 3 aromatic rings. The first-order valence-corrected chi connectivity index (χ1v) is 9.32. The molecule has 2 radical (unpaired) electrons. The lowest BCUT2D eigenvalue weighted by Crippen LogP contribution is -2.37. The average molecular weight is 397 g/mol. The summed E-state index contributed by atoms with van der Waals surface area (Å²) in [6.07, 6.45) is 10.7. The Morgan fingerprint density at radius 2 is 1.93 bits per heavy atom. The molecule has 148 valence electrons. The molecule has 0 spiro atoms. The third kappa shape index (κ3) is 4.94. The summed E-state index contributed by atoms with van der Waals surface area (Å²) in [4.78, 5) is 15.2. The standard InChI is InChI=1S/C22H20BN5O2/c1-4-19-22(23)21(15(3)30-17-7-16(8-24)9-25-10-17)20(28-19)6-5-14(2)29-18-11-26-13-27-12-18/h6-7,9-13,28H,2,4-5H2,1,3H3. The zero-order valence-electron chi connectivity index (χ0n) is 16.8. The maximum Gasteiger partial charge on any atom is 0.163 e. The van der Waals surface area contributed by atoms with Crippen molar-refractivity contribution in [3.05, 3.63) is 71.3 Å². The Kier molecular flexibility index (Phi) is 6.65. The first-order valence-electron chi connectivity index (χ1n) is 9.32. The van der Waals surface area contributed by atoms with Crippen LogP contribution in [0.25, 0.3) is 11.8 Å². The van der Waals surface area contributed by atoms with Crippen molar-refractivity contribution in [2.24, 2.45) is 0 Å². The van der Waals surface area contributed by atoms with Gasteiger partial charge in [0.25, 0.3) is 0 Å². The molecule has 0 bridgehead atoms. The van der Waals surface area contributed by atoms with Crippen LogP contribution in [0.2, 0.25) is 0 Å². The van der Waals surface area contributed by atoms with Crippen molar-refractivity contribution in [3.63, 3.8) is 0 Å². The van der Waals surface area contributed by atoms with E-state index < -0.39 is 0 Å². The number of hydrogen-bond acceptors (Lipinski definition) is 6. The minimum Gasteiger partial charge on any atom is -0.460 e. The van der Waals surface area contributed by atoms with E-state index in [0.717, 1.165) is 22.7 Å². The second-order valence-corrected chi connectivity index (χ2v) is 6.46. The third-order valence-corrected chi connectivity index (χ3v) is 4.30. The van der Waals surface area contributed by atoms with Crippen molar-refractivity contribution in [2.75, 3.05) is 0 Å². The number of nitrogens with one attached hydrogen (secondary N) is 1. The summed E-state index contributed by atoms with van der Waals surface area (Å²) in [7, 11) is 6.36. The van der Waals surface area contributed by atoms with E-state index in [2.05, 4.69) is 26.5 Å². The predicted molar refractivity (Wildman–Crippen MR) is 114 cm³/mol. The van der Waals surface area contributed by atoms with E-state index in [9.17, 15) is 0 Å². The molecule has 1 N–H and O–H groups in total. The summed E-state index contributed by atoms with van der Waals surface area (Å²) in [5, 5.41) is 10.6. The molecule has 0 aromatic carbocycles. The SMILES string of the molecule is [B]c1c(CC)[nH]c(=CCC(=C)Oc2cncnc2)c1=C(C)Oc1cncc(C#N)c1. The smallest absolute Gasteiger partial charge is 0.163 e. The van der Waals surface area contributed by atoms with Crippen LogP contribution in [-0.2, 0) is 6.42 Å². The molecule has 3 heterocycles. The molecule has 0 saturated carbocycles. The fourth-order valence-electron chi connectivity index (χ4n) is 2.93. The molecule has 0 aliphatic carbocycles. The summed E-state index contributed by atoms with van der Waals surface area (Å²) in [6, 6.07) is 3.67. The second kappa shape index (κ2) is 9.57. The maximum atomic E-state index is 9.05. The number of H-pyrrole nitrogens is 1. The van der Waals surface area contributed by atoms with E-state index in [1.54, 1.807) is 24.7 Å². The van der Waals surface area contributed by atoms with Gasteiger partial charge in [0.1, 0.15) is 37.5 Å². The number of nitrogens with zero attached hydrogens (tertiary/aromatic N) is 4. The summed E-state index contributed by atoms with van der Waals surface area (Å²) >= 11 is 0. The van der Waals surface area contributed by atoms with Crippen LogP contribution in [0.15, 0.2) is 49.5 Å². The van der Waals surface area contributed by atoms with Gasteiger partial charge in [-0.15, -0.1) is 0 Å². The van der Waals surface area contributed by atoms with Crippen LogP contribution in [-0.4, -0.2) is 27.8 Å². The molecule has 0 atom stereocenters. The van der Waals surface area contributed by atoms with E-state index in [4.69, 9.17) is 22.6 Å². The summed E-state index contributed by atoms with van der Waals surface area (Å²) < 4.78 is 11.6. The third-order valence-electron chi connectivity index (χ3n) is 4.30. The molecule has 0 saturated heterocycles. The van der Waals surface area contributed by atoms with Crippen LogP contribution in [0.3, 0.4) is 0 Å². The molecule has 3 aromatic heterocycles.